The Balaban J connectivity index is 1.05. The molecule has 0 radical (unpaired) electrons. The van der Waals surface area contributed by atoms with E-state index in [1.807, 2.05) is 6.07 Å². The lowest BCUT2D eigenvalue weighted by molar-refractivity contribution is 0.623. The average Bonchev–Trinajstić information content (AvgIpc) is 3.70. The summed E-state index contributed by atoms with van der Waals surface area (Å²) < 4.78 is 6.50. The normalized spacial score (nSPS) is 11.3. The first-order valence-corrected chi connectivity index (χ1v) is 18.3. The molecule has 0 aliphatic heterocycles. The van der Waals surface area contributed by atoms with E-state index in [4.69, 9.17) is 9.40 Å². The molecule has 0 saturated carbocycles. The highest BCUT2D eigenvalue weighted by Crippen LogP contribution is 2.42. The van der Waals surface area contributed by atoms with Crippen LogP contribution in [0.5, 0.6) is 0 Å². The zero-order chi connectivity index (χ0) is 35.8. The van der Waals surface area contributed by atoms with Crippen molar-refractivity contribution < 1.29 is 4.42 Å². The van der Waals surface area contributed by atoms with Gasteiger partial charge in [-0.15, -0.1) is 0 Å². The monoisotopic (exact) mass is 690 g/mol. The summed E-state index contributed by atoms with van der Waals surface area (Å²) in [5.74, 6) is 0.623. The number of para-hydroxylation sites is 1. The smallest absolute Gasteiger partial charge is 0.227 e. The van der Waals surface area contributed by atoms with Gasteiger partial charge < -0.3 is 9.32 Å². The van der Waals surface area contributed by atoms with Gasteiger partial charge in [0.05, 0.1) is 0 Å². The summed E-state index contributed by atoms with van der Waals surface area (Å²) in [7, 11) is 0. The van der Waals surface area contributed by atoms with Crippen LogP contribution in [-0.4, -0.2) is 4.98 Å². The first-order chi connectivity index (χ1) is 26.7. The minimum Gasteiger partial charge on any atom is -0.435 e. The van der Waals surface area contributed by atoms with E-state index in [9.17, 15) is 0 Å². The molecule has 3 nitrogen and oxygen atoms in total. The first kappa shape index (κ1) is 31.5. The van der Waals surface area contributed by atoms with Gasteiger partial charge in [0.1, 0.15) is 5.52 Å². The van der Waals surface area contributed by atoms with Crippen molar-refractivity contribution in [2.45, 2.75) is 0 Å². The van der Waals surface area contributed by atoms with E-state index >= 15 is 0 Å². The van der Waals surface area contributed by atoms with Crippen LogP contribution >= 0.6 is 0 Å². The summed E-state index contributed by atoms with van der Waals surface area (Å²) >= 11 is 0. The molecule has 0 atom stereocenters. The van der Waals surface area contributed by atoms with Gasteiger partial charge in [-0.05, 0) is 116 Å². The van der Waals surface area contributed by atoms with Crippen LogP contribution in [0.15, 0.2) is 211 Å². The van der Waals surface area contributed by atoms with Crippen molar-refractivity contribution in [3.63, 3.8) is 0 Å². The highest BCUT2D eigenvalue weighted by molar-refractivity contribution is 6.07. The molecule has 1 heterocycles. The van der Waals surface area contributed by atoms with Gasteiger partial charge in [0, 0.05) is 28.0 Å². The summed E-state index contributed by atoms with van der Waals surface area (Å²) in [5.41, 5.74) is 13.0. The van der Waals surface area contributed by atoms with Crippen molar-refractivity contribution in [3.8, 4) is 44.8 Å². The molecule has 0 bridgehead atoms. The Morgan fingerprint density at radius 3 is 1.59 bits per heavy atom. The summed E-state index contributed by atoms with van der Waals surface area (Å²) in [6, 6.07) is 73.0. The van der Waals surface area contributed by atoms with E-state index in [1.165, 1.54) is 33.0 Å². The number of rotatable bonds is 7. The Bertz CT molecular complexity index is 2900. The lowest BCUT2D eigenvalue weighted by atomic mass is 9.94. The molecule has 54 heavy (non-hydrogen) atoms. The van der Waals surface area contributed by atoms with Gasteiger partial charge >= 0.3 is 0 Å². The van der Waals surface area contributed by atoms with Crippen LogP contribution in [0.1, 0.15) is 0 Å². The number of hydrogen-bond acceptors (Lipinski definition) is 3. The standard InChI is InChI=1S/C51H34N2O/c1-4-12-35(13-5-1)37-20-22-39(23-21-37)51-52-49-31-27-41-32-42(26-30-47(41)50(49)54-51)48-34-45(33-40-16-10-11-19-46(40)48)53(43-17-8-3-9-18-43)44-28-24-38(25-29-44)36-14-6-2-7-15-36/h1-34H. The third kappa shape index (κ3) is 5.78. The fourth-order valence-corrected chi connectivity index (χ4v) is 7.56. The Kier molecular flexibility index (Phi) is 7.81. The van der Waals surface area contributed by atoms with Crippen molar-refractivity contribution in [1.29, 1.82) is 0 Å². The van der Waals surface area contributed by atoms with Crippen molar-refractivity contribution in [2.75, 3.05) is 4.90 Å². The third-order valence-corrected chi connectivity index (χ3v) is 10.3. The van der Waals surface area contributed by atoms with E-state index in [1.54, 1.807) is 0 Å². The molecule has 10 aromatic rings. The van der Waals surface area contributed by atoms with Gasteiger partial charge in [0.25, 0.3) is 0 Å². The molecule has 0 aliphatic carbocycles. The highest BCUT2D eigenvalue weighted by atomic mass is 16.3. The van der Waals surface area contributed by atoms with E-state index in [2.05, 4.69) is 205 Å². The maximum atomic E-state index is 6.50. The molecule has 3 heteroatoms. The Hall–Kier alpha value is -7.23. The second kappa shape index (κ2) is 13.4. The van der Waals surface area contributed by atoms with Gasteiger partial charge in [-0.1, -0.05) is 140 Å². The van der Waals surface area contributed by atoms with Gasteiger partial charge in [-0.3, -0.25) is 0 Å². The molecule has 0 amide bonds. The van der Waals surface area contributed by atoms with Crippen LogP contribution in [0.25, 0.3) is 77.5 Å². The Labute approximate surface area is 314 Å². The SMILES string of the molecule is c1ccc(-c2ccc(-c3nc4ccc5cc(-c6cc(N(c7ccccc7)c7ccc(-c8ccccc8)cc7)cc7ccccc67)ccc5c4o3)cc2)cc1. The Morgan fingerprint density at radius 1 is 0.352 bits per heavy atom. The number of hydrogen-bond donors (Lipinski definition) is 0. The second-order valence-corrected chi connectivity index (χ2v) is 13.6. The topological polar surface area (TPSA) is 29.3 Å². The molecule has 0 saturated heterocycles. The van der Waals surface area contributed by atoms with Crippen LogP contribution in [0.3, 0.4) is 0 Å². The molecule has 0 fully saturated rings. The predicted octanol–water partition coefficient (Wildman–Crippen LogP) is 14.3. The van der Waals surface area contributed by atoms with Crippen LogP contribution in [0.4, 0.5) is 17.1 Å². The van der Waals surface area contributed by atoms with E-state index in [-0.39, 0.29) is 0 Å². The van der Waals surface area contributed by atoms with Gasteiger partial charge in [-0.2, -0.15) is 0 Å². The fraction of sp³-hybridized carbons (Fsp3) is 0. The number of benzene rings is 9. The van der Waals surface area contributed by atoms with Crippen LogP contribution < -0.4 is 4.90 Å². The minimum atomic E-state index is 0.623. The van der Waals surface area contributed by atoms with Crippen molar-refractivity contribution in [2.24, 2.45) is 0 Å². The molecule has 254 valence electrons. The van der Waals surface area contributed by atoms with Crippen LogP contribution in [0.2, 0.25) is 0 Å². The van der Waals surface area contributed by atoms with Crippen molar-refractivity contribution >= 4 is 49.7 Å². The Morgan fingerprint density at radius 2 is 0.889 bits per heavy atom. The van der Waals surface area contributed by atoms with Gasteiger partial charge in [0.15, 0.2) is 5.58 Å². The number of oxazole rings is 1. The number of anilines is 3. The molecule has 9 aromatic carbocycles. The first-order valence-electron chi connectivity index (χ1n) is 18.3. The zero-order valence-electron chi connectivity index (χ0n) is 29.4. The number of fused-ring (bicyclic) bond motifs is 4. The van der Waals surface area contributed by atoms with Gasteiger partial charge in [0.2, 0.25) is 5.89 Å². The number of aromatic nitrogens is 1. The lowest BCUT2D eigenvalue weighted by Gasteiger charge is -2.27. The molecule has 10 rings (SSSR count). The van der Waals surface area contributed by atoms with Gasteiger partial charge in [-0.25, -0.2) is 4.98 Å². The molecule has 0 spiro atoms. The summed E-state index contributed by atoms with van der Waals surface area (Å²) in [6.45, 7) is 0. The highest BCUT2D eigenvalue weighted by Gasteiger charge is 2.18. The third-order valence-electron chi connectivity index (χ3n) is 10.3. The number of nitrogens with zero attached hydrogens (tertiary/aromatic N) is 2. The van der Waals surface area contributed by atoms with Crippen LogP contribution in [-0.2, 0) is 0 Å². The van der Waals surface area contributed by atoms with E-state index in [0.29, 0.717) is 5.89 Å². The lowest BCUT2D eigenvalue weighted by Crippen LogP contribution is -2.10. The maximum absolute atomic E-state index is 6.50. The van der Waals surface area contributed by atoms with Crippen LogP contribution in [0, 0.1) is 0 Å². The van der Waals surface area contributed by atoms with Crippen molar-refractivity contribution in [3.05, 3.63) is 206 Å². The average molecular weight is 691 g/mol. The fourth-order valence-electron chi connectivity index (χ4n) is 7.56. The summed E-state index contributed by atoms with van der Waals surface area (Å²) in [5, 5.41) is 4.53. The van der Waals surface area contributed by atoms with Crippen molar-refractivity contribution in [1.82, 2.24) is 4.98 Å². The molecular weight excluding hydrogens is 657 g/mol. The summed E-state index contributed by atoms with van der Waals surface area (Å²) in [4.78, 5) is 7.24. The zero-order valence-corrected chi connectivity index (χ0v) is 29.4. The molecule has 0 unspecified atom stereocenters. The molecule has 1 aromatic heterocycles. The summed E-state index contributed by atoms with van der Waals surface area (Å²) in [6.07, 6.45) is 0. The quantitative estimate of drug-likeness (QED) is 0.167. The molecule has 0 N–H and O–H groups in total. The maximum Gasteiger partial charge on any atom is 0.227 e. The molecule has 0 aliphatic rings. The van der Waals surface area contributed by atoms with E-state index in [0.717, 1.165) is 55.6 Å². The second-order valence-electron chi connectivity index (χ2n) is 13.6. The molecular formula is C51H34N2O. The van der Waals surface area contributed by atoms with E-state index < -0.39 is 0 Å². The minimum absolute atomic E-state index is 0.623. The largest absolute Gasteiger partial charge is 0.435 e. The predicted molar refractivity (Wildman–Crippen MR) is 225 cm³/mol.